The van der Waals surface area contributed by atoms with Gasteiger partial charge in [0.1, 0.15) is 6.04 Å². The Morgan fingerprint density at radius 1 is 1.28 bits per heavy atom. The van der Waals surface area contributed by atoms with Gasteiger partial charge in [-0.25, -0.2) is 0 Å². The van der Waals surface area contributed by atoms with Crippen molar-refractivity contribution in [2.45, 2.75) is 31.3 Å². The lowest BCUT2D eigenvalue weighted by atomic mass is 9.98. The minimum absolute atomic E-state index is 0.125. The van der Waals surface area contributed by atoms with Gasteiger partial charge in [0.05, 0.1) is 0 Å². The molecule has 1 aliphatic heterocycles. The maximum Gasteiger partial charge on any atom is 0.320 e. The summed E-state index contributed by atoms with van der Waals surface area (Å²) >= 11 is 0. The molecule has 0 unspecified atom stereocenters. The number of carbonyl (C=O) groups is 1. The van der Waals surface area contributed by atoms with Gasteiger partial charge in [0.15, 0.2) is 0 Å². The first-order chi connectivity index (χ1) is 8.68. The third-order valence-corrected chi connectivity index (χ3v) is 3.56. The van der Waals surface area contributed by atoms with E-state index in [1.54, 1.807) is 0 Å². The minimum atomic E-state index is -0.921. The van der Waals surface area contributed by atoms with Crippen LogP contribution in [0.2, 0.25) is 0 Å². The normalized spacial score (nSPS) is 19.6. The van der Waals surface area contributed by atoms with E-state index >= 15 is 0 Å². The number of nitrogens with zero attached hydrogens (tertiary/aromatic N) is 1. The highest BCUT2D eigenvalue weighted by Gasteiger charge is 2.27. The Hall–Kier alpha value is -1.39. The Bertz CT molecular complexity index is 388. The monoisotopic (exact) mass is 248 g/mol. The van der Waals surface area contributed by atoms with Gasteiger partial charge in [0.25, 0.3) is 0 Å². The number of rotatable bonds is 5. The molecule has 1 aromatic rings. The zero-order chi connectivity index (χ0) is 13.0. The molecule has 4 nitrogen and oxygen atoms in total. The van der Waals surface area contributed by atoms with Crippen molar-refractivity contribution in [3.05, 3.63) is 35.9 Å². The number of hydrogen-bond donors (Lipinski definition) is 2. The van der Waals surface area contributed by atoms with E-state index < -0.39 is 12.0 Å². The maximum absolute atomic E-state index is 10.9. The van der Waals surface area contributed by atoms with Gasteiger partial charge in [-0.3, -0.25) is 9.69 Å². The molecule has 4 heteroatoms. The van der Waals surface area contributed by atoms with E-state index in [1.165, 1.54) is 12.8 Å². The number of aliphatic carboxylic acids is 1. The molecule has 1 heterocycles. The summed E-state index contributed by atoms with van der Waals surface area (Å²) in [6, 6.07) is 9.39. The van der Waals surface area contributed by atoms with E-state index in [4.69, 9.17) is 10.8 Å². The lowest BCUT2D eigenvalue weighted by molar-refractivity contribution is -0.139. The summed E-state index contributed by atoms with van der Waals surface area (Å²) in [5.74, 6) is -0.921. The number of benzene rings is 1. The van der Waals surface area contributed by atoms with Crippen LogP contribution in [0.15, 0.2) is 30.3 Å². The van der Waals surface area contributed by atoms with E-state index in [9.17, 15) is 4.79 Å². The zero-order valence-electron chi connectivity index (χ0n) is 10.5. The fraction of sp³-hybridized carbons (Fsp3) is 0.500. The van der Waals surface area contributed by atoms with Crippen LogP contribution in [0, 0.1) is 0 Å². The van der Waals surface area contributed by atoms with E-state index in [0.29, 0.717) is 6.42 Å². The molecule has 0 amide bonds. The molecule has 98 valence electrons. The van der Waals surface area contributed by atoms with Crippen LogP contribution >= 0.6 is 0 Å². The van der Waals surface area contributed by atoms with Crippen molar-refractivity contribution < 1.29 is 9.90 Å². The molecule has 1 saturated heterocycles. The van der Waals surface area contributed by atoms with Crippen LogP contribution in [0.3, 0.4) is 0 Å². The second-order valence-electron chi connectivity index (χ2n) is 4.85. The van der Waals surface area contributed by atoms with Crippen LogP contribution in [-0.2, 0) is 4.79 Å². The Morgan fingerprint density at radius 2 is 1.89 bits per heavy atom. The number of likely N-dealkylation sites (tertiary alicyclic amines) is 1. The summed E-state index contributed by atoms with van der Waals surface area (Å²) in [7, 11) is 0. The molecule has 18 heavy (non-hydrogen) atoms. The average molecular weight is 248 g/mol. The van der Waals surface area contributed by atoms with Crippen molar-refractivity contribution in [1.29, 1.82) is 0 Å². The van der Waals surface area contributed by atoms with Crippen LogP contribution in [0.25, 0.3) is 0 Å². The summed E-state index contributed by atoms with van der Waals surface area (Å²) in [5.41, 5.74) is 6.86. The molecule has 0 aromatic heterocycles. The van der Waals surface area contributed by atoms with Gasteiger partial charge in [-0.2, -0.15) is 0 Å². The van der Waals surface area contributed by atoms with Crippen LogP contribution in [-0.4, -0.2) is 35.1 Å². The number of nitrogens with two attached hydrogens (primary N) is 1. The molecule has 1 aliphatic rings. The number of hydrogen-bond acceptors (Lipinski definition) is 3. The van der Waals surface area contributed by atoms with Crippen molar-refractivity contribution in [2.24, 2.45) is 5.73 Å². The molecular formula is C14H20N2O2. The Labute approximate surface area is 107 Å². The Kier molecular flexibility index (Phi) is 4.33. The predicted octanol–water partition coefficient (Wildman–Crippen LogP) is 1.63. The summed E-state index contributed by atoms with van der Waals surface area (Å²) in [5, 5.41) is 8.98. The number of carboxylic acid groups (broad SMARTS) is 1. The topological polar surface area (TPSA) is 66.6 Å². The van der Waals surface area contributed by atoms with Gasteiger partial charge in [-0.15, -0.1) is 0 Å². The maximum atomic E-state index is 10.9. The van der Waals surface area contributed by atoms with E-state index in [0.717, 1.165) is 18.7 Å². The lowest BCUT2D eigenvalue weighted by Gasteiger charge is -2.29. The predicted molar refractivity (Wildman–Crippen MR) is 70.2 cm³/mol. The molecule has 0 bridgehead atoms. The first-order valence-electron chi connectivity index (χ1n) is 6.46. The van der Waals surface area contributed by atoms with Crippen molar-refractivity contribution in [3.63, 3.8) is 0 Å². The largest absolute Gasteiger partial charge is 0.480 e. The molecule has 2 rings (SSSR count). The quantitative estimate of drug-likeness (QED) is 0.831. The van der Waals surface area contributed by atoms with Gasteiger partial charge in [0, 0.05) is 6.04 Å². The molecule has 3 N–H and O–H groups in total. The second kappa shape index (κ2) is 5.98. The first kappa shape index (κ1) is 13.1. The lowest BCUT2D eigenvalue weighted by Crippen LogP contribution is -2.36. The second-order valence-corrected chi connectivity index (χ2v) is 4.85. The summed E-state index contributed by atoms with van der Waals surface area (Å²) in [4.78, 5) is 13.3. The highest BCUT2D eigenvalue weighted by Crippen LogP contribution is 2.28. The Balaban J connectivity index is 2.15. The van der Waals surface area contributed by atoms with Crippen molar-refractivity contribution in [3.8, 4) is 0 Å². The van der Waals surface area contributed by atoms with E-state index in [1.807, 2.05) is 18.2 Å². The standard InChI is InChI=1S/C14H20N2O2/c15-12(14(17)18)10-13(16-8-4-5-9-16)11-6-2-1-3-7-11/h1-3,6-7,12-13H,4-5,8-10,15H2,(H,17,18)/t12-,13-/m1/s1. The fourth-order valence-electron chi connectivity index (χ4n) is 2.57. The summed E-state index contributed by atoms with van der Waals surface area (Å²) in [6.45, 7) is 2.07. The van der Waals surface area contributed by atoms with Gasteiger partial charge >= 0.3 is 5.97 Å². The van der Waals surface area contributed by atoms with E-state index in [-0.39, 0.29) is 6.04 Å². The van der Waals surface area contributed by atoms with Crippen molar-refractivity contribution in [1.82, 2.24) is 4.90 Å². The van der Waals surface area contributed by atoms with Gasteiger partial charge in [-0.1, -0.05) is 30.3 Å². The van der Waals surface area contributed by atoms with Crippen LogP contribution in [0.1, 0.15) is 30.9 Å². The molecule has 1 aromatic carbocycles. The van der Waals surface area contributed by atoms with Crippen LogP contribution in [0.5, 0.6) is 0 Å². The third kappa shape index (κ3) is 3.09. The minimum Gasteiger partial charge on any atom is -0.480 e. The summed E-state index contributed by atoms with van der Waals surface area (Å²) < 4.78 is 0. The summed E-state index contributed by atoms with van der Waals surface area (Å²) in [6.07, 6.45) is 2.84. The van der Waals surface area contributed by atoms with Crippen LogP contribution in [0.4, 0.5) is 0 Å². The third-order valence-electron chi connectivity index (χ3n) is 3.56. The van der Waals surface area contributed by atoms with Crippen molar-refractivity contribution in [2.75, 3.05) is 13.1 Å². The molecule has 0 radical (unpaired) electrons. The van der Waals surface area contributed by atoms with Crippen molar-refractivity contribution >= 4 is 5.97 Å². The van der Waals surface area contributed by atoms with Gasteiger partial charge in [-0.05, 0) is 37.9 Å². The fourth-order valence-corrected chi connectivity index (χ4v) is 2.57. The molecule has 2 atom stereocenters. The highest BCUT2D eigenvalue weighted by atomic mass is 16.4. The van der Waals surface area contributed by atoms with Gasteiger partial charge in [0.2, 0.25) is 0 Å². The first-order valence-corrected chi connectivity index (χ1v) is 6.46. The molecule has 0 saturated carbocycles. The average Bonchev–Trinajstić information content (AvgIpc) is 2.90. The SMILES string of the molecule is N[C@H](C[C@H](c1ccccc1)N1CCCC1)C(=O)O. The van der Waals surface area contributed by atoms with Crippen LogP contribution < -0.4 is 5.73 Å². The zero-order valence-corrected chi connectivity index (χ0v) is 10.5. The molecule has 0 spiro atoms. The smallest absolute Gasteiger partial charge is 0.320 e. The van der Waals surface area contributed by atoms with E-state index in [2.05, 4.69) is 17.0 Å². The number of carboxylic acids is 1. The highest BCUT2D eigenvalue weighted by molar-refractivity contribution is 5.73. The Morgan fingerprint density at radius 3 is 2.44 bits per heavy atom. The molecule has 0 aliphatic carbocycles. The molecule has 1 fully saturated rings. The molecular weight excluding hydrogens is 228 g/mol. The van der Waals surface area contributed by atoms with Gasteiger partial charge < -0.3 is 10.8 Å².